The molecular formula is C22H22N6O5S. The Labute approximate surface area is 198 Å². The summed E-state index contributed by atoms with van der Waals surface area (Å²) in [6, 6.07) is 10.6. The molecule has 4 rings (SSSR count). The number of nitrogens with one attached hydrogen (secondary N) is 2. The summed E-state index contributed by atoms with van der Waals surface area (Å²) in [6.45, 7) is 1.44. The molecule has 0 radical (unpaired) electrons. The highest BCUT2D eigenvalue weighted by atomic mass is 32.1. The fourth-order valence-corrected chi connectivity index (χ4v) is 4.01. The maximum atomic E-state index is 11.3. The van der Waals surface area contributed by atoms with Crippen molar-refractivity contribution < 1.29 is 23.5 Å². The third-order valence-electron chi connectivity index (χ3n) is 4.63. The largest absolute Gasteiger partial charge is 0.493 e. The average molecular weight is 483 g/mol. The summed E-state index contributed by atoms with van der Waals surface area (Å²) >= 11 is 1.25. The van der Waals surface area contributed by atoms with Crippen molar-refractivity contribution in [3.05, 3.63) is 36.4 Å². The van der Waals surface area contributed by atoms with Crippen LogP contribution >= 0.6 is 11.3 Å². The molecule has 0 saturated carbocycles. The van der Waals surface area contributed by atoms with Crippen molar-refractivity contribution in [2.45, 2.75) is 6.92 Å². The van der Waals surface area contributed by atoms with Gasteiger partial charge in [-0.3, -0.25) is 4.79 Å². The minimum atomic E-state index is -0.171. The van der Waals surface area contributed by atoms with Crippen molar-refractivity contribution in [1.82, 2.24) is 15.1 Å². The lowest BCUT2D eigenvalue weighted by molar-refractivity contribution is -0.114. The van der Waals surface area contributed by atoms with Gasteiger partial charge in [0.05, 0.1) is 21.3 Å². The van der Waals surface area contributed by atoms with E-state index in [1.165, 1.54) is 25.4 Å². The molecule has 1 amide bonds. The monoisotopic (exact) mass is 482 g/mol. The van der Waals surface area contributed by atoms with Crippen LogP contribution in [0.1, 0.15) is 6.92 Å². The van der Waals surface area contributed by atoms with Gasteiger partial charge in [0.25, 0.3) is 5.89 Å². The van der Waals surface area contributed by atoms with E-state index in [1.54, 1.807) is 44.6 Å². The van der Waals surface area contributed by atoms with E-state index in [4.69, 9.17) is 24.5 Å². The lowest BCUT2D eigenvalue weighted by Crippen LogP contribution is -2.05. The minimum absolute atomic E-state index is 0.171. The second-order valence-corrected chi connectivity index (χ2v) is 7.96. The number of nitrogen functional groups attached to an aromatic ring is 1. The van der Waals surface area contributed by atoms with Gasteiger partial charge in [-0.15, -0.1) is 0 Å². The van der Waals surface area contributed by atoms with Gasteiger partial charge in [-0.1, -0.05) is 28.6 Å². The summed E-state index contributed by atoms with van der Waals surface area (Å²) < 4.78 is 21.6. The Bertz CT molecular complexity index is 1310. The highest BCUT2D eigenvalue weighted by molar-refractivity contribution is 7.19. The maximum Gasteiger partial charge on any atom is 0.272 e. The van der Waals surface area contributed by atoms with Crippen LogP contribution < -0.4 is 30.6 Å². The topological polar surface area (TPSA) is 147 Å². The van der Waals surface area contributed by atoms with Crippen LogP contribution in [0.2, 0.25) is 0 Å². The van der Waals surface area contributed by atoms with Gasteiger partial charge in [-0.25, -0.2) is 4.98 Å². The number of ether oxygens (including phenoxy) is 3. The Morgan fingerprint density at radius 1 is 1.03 bits per heavy atom. The number of benzene rings is 2. The number of hydrogen-bond donors (Lipinski definition) is 3. The van der Waals surface area contributed by atoms with E-state index < -0.39 is 0 Å². The molecular weight excluding hydrogens is 460 g/mol. The quantitative estimate of drug-likeness (QED) is 0.334. The van der Waals surface area contributed by atoms with Gasteiger partial charge >= 0.3 is 0 Å². The van der Waals surface area contributed by atoms with Crippen molar-refractivity contribution in [3.63, 3.8) is 0 Å². The first kappa shape index (κ1) is 22.9. The van der Waals surface area contributed by atoms with Gasteiger partial charge in [0.1, 0.15) is 10.7 Å². The molecule has 4 N–H and O–H groups in total. The second-order valence-electron chi connectivity index (χ2n) is 6.96. The molecule has 0 bridgehead atoms. The highest BCUT2D eigenvalue weighted by Crippen LogP contribution is 2.42. The molecule has 0 aliphatic carbocycles. The van der Waals surface area contributed by atoms with Gasteiger partial charge in [0, 0.05) is 36.0 Å². The number of carbonyl (C=O) groups is 1. The SMILES string of the molecule is COc1cc(Nc2nc(N)c(-c3nc(-c4cccc(NC(C)=O)c4)no3)s2)cc(OC)c1OC. The van der Waals surface area contributed by atoms with E-state index in [0.717, 1.165) is 0 Å². The first-order valence-corrected chi connectivity index (χ1v) is 10.8. The number of amides is 1. The molecule has 34 heavy (non-hydrogen) atoms. The Morgan fingerprint density at radius 3 is 2.41 bits per heavy atom. The number of nitrogens with two attached hydrogens (primary N) is 1. The number of rotatable bonds is 8. The van der Waals surface area contributed by atoms with E-state index in [1.807, 2.05) is 6.07 Å². The molecule has 0 aliphatic rings. The zero-order chi connectivity index (χ0) is 24.2. The van der Waals surface area contributed by atoms with Crippen molar-refractivity contribution >= 4 is 39.6 Å². The van der Waals surface area contributed by atoms with Crippen LogP contribution in [0.5, 0.6) is 17.2 Å². The van der Waals surface area contributed by atoms with Gasteiger partial charge in [-0.2, -0.15) is 4.98 Å². The highest BCUT2D eigenvalue weighted by Gasteiger charge is 2.20. The Morgan fingerprint density at radius 2 is 1.76 bits per heavy atom. The zero-order valence-corrected chi connectivity index (χ0v) is 19.6. The van der Waals surface area contributed by atoms with Gasteiger partial charge < -0.3 is 35.1 Å². The van der Waals surface area contributed by atoms with E-state index in [0.29, 0.717) is 50.0 Å². The number of methoxy groups -OCH3 is 3. The Kier molecular flexibility index (Phi) is 6.50. The molecule has 12 heteroatoms. The fourth-order valence-electron chi connectivity index (χ4n) is 3.19. The van der Waals surface area contributed by atoms with Crippen molar-refractivity contribution in [1.29, 1.82) is 0 Å². The zero-order valence-electron chi connectivity index (χ0n) is 18.8. The van der Waals surface area contributed by atoms with Crippen molar-refractivity contribution in [3.8, 4) is 39.4 Å². The maximum absolute atomic E-state index is 11.3. The average Bonchev–Trinajstić information content (AvgIpc) is 3.44. The number of nitrogens with zero attached hydrogens (tertiary/aromatic N) is 3. The molecule has 0 aliphatic heterocycles. The standard InChI is InChI=1S/C22H22N6O5S/c1-11(29)24-13-7-5-6-12(8-13)20-27-21(33-28-20)18-19(23)26-22(34-18)25-14-9-15(30-2)17(32-4)16(10-14)31-3/h5-10H,23H2,1-4H3,(H,24,29)(H,25,26). The molecule has 4 aromatic rings. The molecule has 0 unspecified atom stereocenters. The van der Waals surface area contributed by atoms with Crippen LogP contribution in [0.3, 0.4) is 0 Å². The third kappa shape index (κ3) is 4.71. The molecule has 176 valence electrons. The van der Waals surface area contributed by atoms with E-state index in [-0.39, 0.29) is 17.6 Å². The smallest absolute Gasteiger partial charge is 0.272 e. The number of thiazole rings is 1. The molecule has 0 saturated heterocycles. The first-order chi connectivity index (χ1) is 16.4. The summed E-state index contributed by atoms with van der Waals surface area (Å²) in [4.78, 5) is 20.6. The number of aromatic nitrogens is 3. The van der Waals surface area contributed by atoms with Crippen LogP contribution in [-0.4, -0.2) is 42.4 Å². The second kappa shape index (κ2) is 9.67. The molecule has 2 aromatic carbocycles. The molecule has 0 spiro atoms. The van der Waals surface area contributed by atoms with E-state index in [2.05, 4.69) is 25.8 Å². The number of carbonyl (C=O) groups excluding carboxylic acids is 1. The lowest BCUT2D eigenvalue weighted by atomic mass is 10.2. The van der Waals surface area contributed by atoms with Crippen LogP contribution in [0, 0.1) is 0 Å². The van der Waals surface area contributed by atoms with E-state index >= 15 is 0 Å². The Hall–Kier alpha value is -4.32. The van der Waals surface area contributed by atoms with Crippen LogP contribution in [-0.2, 0) is 4.79 Å². The van der Waals surface area contributed by atoms with Crippen molar-refractivity contribution in [2.24, 2.45) is 0 Å². The van der Waals surface area contributed by atoms with Crippen LogP contribution in [0.15, 0.2) is 40.9 Å². The minimum Gasteiger partial charge on any atom is -0.493 e. The molecule has 2 heterocycles. The third-order valence-corrected chi connectivity index (χ3v) is 5.61. The van der Waals surface area contributed by atoms with Crippen molar-refractivity contribution in [2.75, 3.05) is 37.7 Å². The first-order valence-electron chi connectivity index (χ1n) is 9.97. The Balaban J connectivity index is 1.59. The van der Waals surface area contributed by atoms with Crippen LogP contribution in [0.4, 0.5) is 22.3 Å². The van der Waals surface area contributed by atoms with Gasteiger partial charge in [0.2, 0.25) is 17.5 Å². The number of anilines is 4. The number of hydrogen-bond acceptors (Lipinski definition) is 11. The van der Waals surface area contributed by atoms with E-state index in [9.17, 15) is 4.79 Å². The van der Waals surface area contributed by atoms with Gasteiger partial charge in [-0.05, 0) is 12.1 Å². The summed E-state index contributed by atoms with van der Waals surface area (Å²) in [5.41, 5.74) is 8.10. The predicted octanol–water partition coefficient (Wildman–Crippen LogP) is 4.17. The summed E-state index contributed by atoms with van der Waals surface area (Å²) in [7, 11) is 4.62. The molecule has 0 fully saturated rings. The molecule has 0 atom stereocenters. The van der Waals surface area contributed by atoms with Crippen LogP contribution in [0.25, 0.3) is 22.2 Å². The molecule has 2 aromatic heterocycles. The van der Waals surface area contributed by atoms with Gasteiger partial charge in [0.15, 0.2) is 16.6 Å². The molecule has 11 nitrogen and oxygen atoms in total. The normalized spacial score (nSPS) is 10.6. The lowest BCUT2D eigenvalue weighted by Gasteiger charge is -2.14. The summed E-state index contributed by atoms with van der Waals surface area (Å²) in [6.07, 6.45) is 0. The predicted molar refractivity (Wildman–Crippen MR) is 129 cm³/mol. The fraction of sp³-hybridized carbons (Fsp3) is 0.182. The summed E-state index contributed by atoms with van der Waals surface area (Å²) in [5.74, 6) is 2.13. The summed E-state index contributed by atoms with van der Waals surface area (Å²) in [5, 5.41) is 10.5.